The number of hydrogen-bond acceptors (Lipinski definition) is 3. The van der Waals surface area contributed by atoms with E-state index in [2.05, 4.69) is 156 Å². The Bertz CT molecular complexity index is 3100. The maximum absolute atomic E-state index is 6.92. The van der Waals surface area contributed by atoms with Crippen LogP contribution in [0.1, 0.15) is 0 Å². The first-order valence-electron chi connectivity index (χ1n) is 18.0. The standard InChI is InChI=1S/C48H28BNO3/c1-2-12-33(32(11-1)29-21-23-38-36-15-5-9-19-43(36)51-46(38)26-29)30-25-39-37-16-6-10-20-44(37)53-49-40-28-31(22-24-45(40)52-47(27-30)48(39)49)50-41-17-7-3-13-34(41)35-14-4-8-18-42(35)50/h1-28H. The summed E-state index contributed by atoms with van der Waals surface area (Å²) in [5.41, 5.74) is 13.9. The van der Waals surface area contributed by atoms with Gasteiger partial charge in [-0.05, 0) is 94.5 Å². The van der Waals surface area contributed by atoms with E-state index in [9.17, 15) is 0 Å². The number of benzene rings is 8. The number of ether oxygens (including phenoxy) is 1. The zero-order valence-electron chi connectivity index (χ0n) is 28.4. The predicted octanol–water partition coefficient (Wildman–Crippen LogP) is 11.3. The van der Waals surface area contributed by atoms with Gasteiger partial charge in [0.25, 0.3) is 0 Å². The summed E-state index contributed by atoms with van der Waals surface area (Å²) in [7, 11) is 0. The van der Waals surface area contributed by atoms with Gasteiger partial charge in [0.15, 0.2) is 0 Å². The molecular weight excluding hydrogens is 649 g/mol. The molecule has 246 valence electrons. The van der Waals surface area contributed by atoms with Gasteiger partial charge in [-0.15, -0.1) is 0 Å². The second-order valence-corrected chi connectivity index (χ2v) is 14.0. The van der Waals surface area contributed by atoms with Crippen molar-refractivity contribution in [3.63, 3.8) is 0 Å². The summed E-state index contributed by atoms with van der Waals surface area (Å²) < 4.78 is 22.4. The van der Waals surface area contributed by atoms with E-state index in [1.807, 2.05) is 18.2 Å². The molecule has 2 aliphatic heterocycles. The second kappa shape index (κ2) is 10.8. The third-order valence-corrected chi connectivity index (χ3v) is 11.1. The highest BCUT2D eigenvalue weighted by atomic mass is 16.5. The molecule has 8 aromatic carbocycles. The molecule has 12 rings (SSSR count). The van der Waals surface area contributed by atoms with Crippen LogP contribution in [0.25, 0.3) is 82.8 Å². The fourth-order valence-corrected chi connectivity index (χ4v) is 8.73. The first kappa shape index (κ1) is 28.7. The van der Waals surface area contributed by atoms with Crippen molar-refractivity contribution in [2.75, 3.05) is 0 Å². The molecule has 0 atom stereocenters. The van der Waals surface area contributed by atoms with Gasteiger partial charge in [0.1, 0.15) is 28.4 Å². The van der Waals surface area contributed by atoms with Crippen LogP contribution in [-0.4, -0.2) is 11.5 Å². The van der Waals surface area contributed by atoms with E-state index in [0.29, 0.717) is 0 Å². The van der Waals surface area contributed by atoms with Crippen molar-refractivity contribution in [3.8, 4) is 56.3 Å². The lowest BCUT2D eigenvalue weighted by Crippen LogP contribution is -2.53. The number of aromatic nitrogens is 1. The van der Waals surface area contributed by atoms with Crippen molar-refractivity contribution >= 4 is 61.6 Å². The Kier molecular flexibility index (Phi) is 5.83. The Labute approximate surface area is 305 Å². The van der Waals surface area contributed by atoms with Crippen molar-refractivity contribution in [1.82, 2.24) is 4.57 Å². The highest BCUT2D eigenvalue weighted by Gasteiger charge is 2.41. The van der Waals surface area contributed by atoms with E-state index in [1.54, 1.807) is 0 Å². The van der Waals surface area contributed by atoms with Gasteiger partial charge in [0, 0.05) is 43.7 Å². The lowest BCUT2D eigenvalue weighted by atomic mass is 9.50. The quantitative estimate of drug-likeness (QED) is 0.175. The minimum absolute atomic E-state index is 0.327. The SMILES string of the molecule is c1ccc2c(c1)OB1c3cc(-n4c5ccccc5c5ccccc54)ccc3Oc3cc(-c4ccccc4-c4ccc5c(c4)oc4ccccc45)cc-2c31. The molecule has 0 saturated heterocycles. The summed E-state index contributed by atoms with van der Waals surface area (Å²) in [6, 6.07) is 59.9. The van der Waals surface area contributed by atoms with Crippen molar-refractivity contribution in [2.24, 2.45) is 0 Å². The van der Waals surface area contributed by atoms with Gasteiger partial charge in [-0.25, -0.2) is 0 Å². The molecule has 10 aromatic rings. The molecule has 4 nitrogen and oxygen atoms in total. The molecule has 0 unspecified atom stereocenters. The van der Waals surface area contributed by atoms with Crippen LogP contribution in [0.5, 0.6) is 17.2 Å². The monoisotopic (exact) mass is 677 g/mol. The van der Waals surface area contributed by atoms with Crippen LogP contribution in [0.2, 0.25) is 0 Å². The number of furan rings is 1. The molecule has 53 heavy (non-hydrogen) atoms. The van der Waals surface area contributed by atoms with Gasteiger partial charge >= 0.3 is 6.92 Å². The van der Waals surface area contributed by atoms with E-state index >= 15 is 0 Å². The molecule has 2 aliphatic rings. The first-order valence-corrected chi connectivity index (χ1v) is 18.0. The zero-order chi connectivity index (χ0) is 34.6. The molecular formula is C48H28BNO3. The lowest BCUT2D eigenvalue weighted by molar-refractivity contribution is 0.479. The molecule has 0 fully saturated rings. The van der Waals surface area contributed by atoms with Crippen LogP contribution in [0.3, 0.4) is 0 Å². The molecule has 5 heteroatoms. The average Bonchev–Trinajstić information content (AvgIpc) is 3.76. The summed E-state index contributed by atoms with van der Waals surface area (Å²) in [5, 5.41) is 4.72. The molecule has 0 amide bonds. The van der Waals surface area contributed by atoms with Crippen LogP contribution < -0.4 is 20.3 Å². The van der Waals surface area contributed by atoms with Crippen LogP contribution in [0.4, 0.5) is 0 Å². The molecule has 0 radical (unpaired) electrons. The smallest absolute Gasteiger partial charge is 0.434 e. The van der Waals surface area contributed by atoms with Crippen LogP contribution >= 0.6 is 0 Å². The van der Waals surface area contributed by atoms with Crippen molar-refractivity contribution in [3.05, 3.63) is 170 Å². The van der Waals surface area contributed by atoms with Crippen molar-refractivity contribution < 1.29 is 13.8 Å². The van der Waals surface area contributed by atoms with E-state index < -0.39 is 0 Å². The van der Waals surface area contributed by atoms with E-state index in [1.165, 1.54) is 21.8 Å². The summed E-state index contributed by atoms with van der Waals surface area (Å²) in [4.78, 5) is 0. The molecule has 0 bridgehead atoms. The number of fused-ring (bicyclic) bond motifs is 10. The normalized spacial score (nSPS) is 12.8. The number of hydrogen-bond donors (Lipinski definition) is 0. The van der Waals surface area contributed by atoms with E-state index in [4.69, 9.17) is 13.8 Å². The zero-order valence-corrected chi connectivity index (χ0v) is 28.4. The van der Waals surface area contributed by atoms with Gasteiger partial charge in [-0.3, -0.25) is 0 Å². The highest BCUT2D eigenvalue weighted by molar-refractivity contribution is 6.84. The van der Waals surface area contributed by atoms with Gasteiger partial charge < -0.3 is 18.4 Å². The molecule has 4 heterocycles. The lowest BCUT2D eigenvalue weighted by Gasteiger charge is -2.33. The van der Waals surface area contributed by atoms with Gasteiger partial charge in [0.2, 0.25) is 0 Å². The van der Waals surface area contributed by atoms with E-state index in [0.717, 1.165) is 89.2 Å². The molecule has 0 saturated carbocycles. The molecule has 0 spiro atoms. The largest absolute Gasteiger partial charge is 0.551 e. The van der Waals surface area contributed by atoms with Gasteiger partial charge in [-0.1, -0.05) is 103 Å². The Morgan fingerprint density at radius 1 is 0.415 bits per heavy atom. The Hall–Kier alpha value is -6.98. The predicted molar refractivity (Wildman–Crippen MR) is 217 cm³/mol. The van der Waals surface area contributed by atoms with Crippen LogP contribution in [-0.2, 0) is 0 Å². The summed E-state index contributed by atoms with van der Waals surface area (Å²) >= 11 is 0. The molecule has 2 aromatic heterocycles. The summed E-state index contributed by atoms with van der Waals surface area (Å²) in [5.74, 6) is 2.49. The third kappa shape index (κ3) is 4.13. The molecule has 0 aliphatic carbocycles. The van der Waals surface area contributed by atoms with Crippen molar-refractivity contribution in [2.45, 2.75) is 0 Å². The fraction of sp³-hybridized carbons (Fsp3) is 0. The first-order chi connectivity index (χ1) is 26.3. The van der Waals surface area contributed by atoms with Crippen molar-refractivity contribution in [1.29, 1.82) is 0 Å². The number of para-hydroxylation sites is 4. The second-order valence-electron chi connectivity index (χ2n) is 14.0. The maximum Gasteiger partial charge on any atom is 0.434 e. The average molecular weight is 678 g/mol. The third-order valence-electron chi connectivity index (χ3n) is 11.1. The maximum atomic E-state index is 6.92. The van der Waals surface area contributed by atoms with Crippen LogP contribution in [0, 0.1) is 0 Å². The Balaban J connectivity index is 1.03. The van der Waals surface area contributed by atoms with E-state index in [-0.39, 0.29) is 6.92 Å². The fourth-order valence-electron chi connectivity index (χ4n) is 8.73. The Morgan fingerprint density at radius 3 is 1.89 bits per heavy atom. The minimum atomic E-state index is -0.327. The summed E-state index contributed by atoms with van der Waals surface area (Å²) in [6.45, 7) is -0.327. The molecule has 0 N–H and O–H groups in total. The minimum Gasteiger partial charge on any atom is -0.551 e. The van der Waals surface area contributed by atoms with Crippen LogP contribution in [0.15, 0.2) is 174 Å². The topological polar surface area (TPSA) is 36.5 Å². The highest BCUT2D eigenvalue weighted by Crippen LogP contribution is 2.44. The van der Waals surface area contributed by atoms with Gasteiger partial charge in [-0.2, -0.15) is 0 Å². The summed E-state index contributed by atoms with van der Waals surface area (Å²) in [6.07, 6.45) is 0. The van der Waals surface area contributed by atoms with Gasteiger partial charge in [0.05, 0.1) is 11.0 Å². The Morgan fingerprint density at radius 2 is 1.08 bits per heavy atom. The number of nitrogens with zero attached hydrogens (tertiary/aromatic N) is 1. The number of rotatable bonds is 3.